The molecule has 3 saturated carbocycles. The molecule has 5 rings (SSSR count). The van der Waals surface area contributed by atoms with Crippen LogP contribution in [0.15, 0.2) is 60.7 Å². The summed E-state index contributed by atoms with van der Waals surface area (Å²) < 4.78 is 17.5. The summed E-state index contributed by atoms with van der Waals surface area (Å²) in [5, 5.41) is 20.5. The van der Waals surface area contributed by atoms with E-state index in [0.717, 1.165) is 30.4 Å². The maximum absolute atomic E-state index is 13.3. The third-order valence-electron chi connectivity index (χ3n) is 11.1. The highest BCUT2D eigenvalue weighted by Gasteiger charge is 2.56. The summed E-state index contributed by atoms with van der Waals surface area (Å²) in [7, 11) is 0. The number of carboxylic acids is 1. The molecule has 3 aliphatic rings. The molecule has 0 saturated heterocycles. The number of aliphatic carboxylic acids is 1. The third kappa shape index (κ3) is 8.63. The van der Waals surface area contributed by atoms with E-state index < -0.39 is 29.2 Å². The van der Waals surface area contributed by atoms with Crippen LogP contribution in [-0.2, 0) is 35.2 Å². The number of aliphatic hydroxyl groups is 1. The first-order valence-corrected chi connectivity index (χ1v) is 17.4. The summed E-state index contributed by atoms with van der Waals surface area (Å²) in [5.74, 6) is -0.885. The van der Waals surface area contributed by atoms with Crippen molar-refractivity contribution in [1.82, 2.24) is 0 Å². The van der Waals surface area contributed by atoms with Crippen molar-refractivity contribution >= 4 is 17.9 Å². The second-order valence-electron chi connectivity index (χ2n) is 14.4. The highest BCUT2D eigenvalue weighted by atomic mass is 16.6. The van der Waals surface area contributed by atoms with E-state index in [4.69, 9.17) is 14.2 Å². The highest BCUT2D eigenvalue weighted by Crippen LogP contribution is 2.59. The molecule has 2 bridgehead atoms. The minimum absolute atomic E-state index is 0.111. The van der Waals surface area contributed by atoms with E-state index in [0.29, 0.717) is 43.1 Å². The first-order valence-electron chi connectivity index (χ1n) is 17.4. The van der Waals surface area contributed by atoms with Crippen LogP contribution in [0.4, 0.5) is 0 Å². The molecule has 3 aliphatic carbocycles. The number of fused-ring (bicyclic) bond motifs is 5. The van der Waals surface area contributed by atoms with Gasteiger partial charge in [-0.15, -0.1) is 0 Å². The van der Waals surface area contributed by atoms with Gasteiger partial charge in [0.2, 0.25) is 0 Å². The number of ether oxygens (including phenoxy) is 3. The second-order valence-corrected chi connectivity index (χ2v) is 14.4. The molecule has 255 valence electrons. The van der Waals surface area contributed by atoms with E-state index in [2.05, 4.69) is 6.42 Å². The zero-order chi connectivity index (χ0) is 33.6. The van der Waals surface area contributed by atoms with Crippen molar-refractivity contribution < 1.29 is 38.8 Å². The van der Waals surface area contributed by atoms with Crippen molar-refractivity contribution in [1.29, 1.82) is 0 Å². The Bertz CT molecular complexity index is 1330. The lowest BCUT2D eigenvalue weighted by Gasteiger charge is -2.33. The molecule has 0 heterocycles. The first kappa shape index (κ1) is 35.1. The van der Waals surface area contributed by atoms with Crippen molar-refractivity contribution in [3.63, 3.8) is 0 Å². The van der Waals surface area contributed by atoms with Crippen LogP contribution in [0.2, 0.25) is 0 Å². The van der Waals surface area contributed by atoms with Gasteiger partial charge in [-0.1, -0.05) is 74.5 Å². The topological polar surface area (TPSA) is 119 Å². The number of carbonyl (C=O) groups is 3. The van der Waals surface area contributed by atoms with Crippen LogP contribution in [-0.4, -0.2) is 53.5 Å². The molecule has 2 N–H and O–H groups in total. The molecule has 0 spiro atoms. The minimum atomic E-state index is -1.23. The van der Waals surface area contributed by atoms with Gasteiger partial charge in [0.15, 0.2) is 0 Å². The van der Waals surface area contributed by atoms with Crippen LogP contribution in [0, 0.1) is 47.3 Å². The number of benzene rings is 2. The van der Waals surface area contributed by atoms with Gasteiger partial charge in [0.25, 0.3) is 0 Å². The van der Waals surface area contributed by atoms with Crippen LogP contribution >= 0.6 is 0 Å². The number of aliphatic hydroxyl groups excluding tert-OH is 1. The highest BCUT2D eigenvalue weighted by molar-refractivity contribution is 5.77. The lowest BCUT2D eigenvalue weighted by Crippen LogP contribution is -2.34. The van der Waals surface area contributed by atoms with Gasteiger partial charge in [-0.2, -0.15) is 0 Å². The number of hydrogen-bond donors (Lipinski definition) is 2. The van der Waals surface area contributed by atoms with Crippen LogP contribution in [0.25, 0.3) is 0 Å². The third-order valence-corrected chi connectivity index (χ3v) is 11.1. The number of rotatable bonds is 17. The molecular formula is C39H51O8. The molecular weight excluding hydrogens is 596 g/mol. The number of carboxylic acid groups (broad SMARTS) is 1. The van der Waals surface area contributed by atoms with Gasteiger partial charge in [0.05, 0.1) is 36.1 Å². The summed E-state index contributed by atoms with van der Waals surface area (Å²) in [6, 6.07) is 19.1. The summed E-state index contributed by atoms with van der Waals surface area (Å²) in [6.07, 6.45) is 6.35. The van der Waals surface area contributed by atoms with Gasteiger partial charge >= 0.3 is 17.9 Å². The largest absolute Gasteiger partial charge is 0.481 e. The van der Waals surface area contributed by atoms with Gasteiger partial charge in [-0.05, 0) is 99.0 Å². The van der Waals surface area contributed by atoms with Crippen molar-refractivity contribution in [3.05, 3.63) is 78.2 Å². The fourth-order valence-electron chi connectivity index (χ4n) is 8.63. The summed E-state index contributed by atoms with van der Waals surface area (Å²) in [4.78, 5) is 39.0. The predicted octanol–water partition coefficient (Wildman–Crippen LogP) is 6.61. The molecule has 10 atom stereocenters. The lowest BCUT2D eigenvalue weighted by atomic mass is 9.71. The van der Waals surface area contributed by atoms with E-state index in [9.17, 15) is 24.6 Å². The van der Waals surface area contributed by atoms with Gasteiger partial charge < -0.3 is 24.4 Å². The molecule has 1 radical (unpaired) electrons. The van der Waals surface area contributed by atoms with Crippen LogP contribution < -0.4 is 0 Å². The molecule has 8 heteroatoms. The average Bonchev–Trinajstić information content (AvgIpc) is 3.76. The van der Waals surface area contributed by atoms with E-state index >= 15 is 0 Å². The molecule has 47 heavy (non-hydrogen) atoms. The standard InChI is InChI=1S/C39H51O8/c1-4-27(37(42)46-16-15-45-35-19-29-18-34(35)33-21-31(40)20-32(29)33)17-30(28-13-9-6-10-14-28)23-39(3,38(43)44)22-25(2)36(41)47-24-26-11-7-5-8-12-26/h5-14,20,25,27,29-35,40H,4,15-19,21-24H2,1-3H3,(H,43,44). The lowest BCUT2D eigenvalue weighted by molar-refractivity contribution is -0.155. The molecule has 10 unspecified atom stereocenters. The molecule has 3 fully saturated rings. The monoisotopic (exact) mass is 647 g/mol. The Morgan fingerprint density at radius 3 is 2.28 bits per heavy atom. The smallest absolute Gasteiger partial charge is 0.309 e. The van der Waals surface area contributed by atoms with Crippen molar-refractivity contribution in [2.75, 3.05) is 13.2 Å². The minimum Gasteiger partial charge on any atom is -0.481 e. The van der Waals surface area contributed by atoms with Crippen LogP contribution in [0.1, 0.15) is 82.8 Å². The predicted molar refractivity (Wildman–Crippen MR) is 177 cm³/mol. The Balaban J connectivity index is 1.16. The van der Waals surface area contributed by atoms with E-state index in [1.807, 2.05) is 67.6 Å². The summed E-state index contributed by atoms with van der Waals surface area (Å²) >= 11 is 0. The first-order chi connectivity index (χ1) is 22.6. The number of esters is 2. The van der Waals surface area contributed by atoms with Crippen LogP contribution in [0.3, 0.4) is 0 Å². The molecule has 0 aliphatic heterocycles. The molecule has 2 aromatic rings. The quantitative estimate of drug-likeness (QED) is 0.146. The van der Waals surface area contributed by atoms with Crippen molar-refractivity contribution in [2.24, 2.45) is 40.9 Å². The fourth-order valence-corrected chi connectivity index (χ4v) is 8.63. The Kier molecular flexibility index (Phi) is 11.8. The van der Waals surface area contributed by atoms with E-state index in [1.54, 1.807) is 13.8 Å². The summed E-state index contributed by atoms with van der Waals surface area (Å²) in [5.41, 5.74) is 0.598. The SMILES string of the molecule is CCC(CC(CC(C)(CC(C)C(=O)OCc1ccccc1)C(=O)O)c1ccccc1)C(=O)OCCOC1CC2CC1C1CC(O)[CH]C21. The molecule has 0 amide bonds. The van der Waals surface area contributed by atoms with Crippen molar-refractivity contribution in [3.8, 4) is 0 Å². The number of hydrogen-bond acceptors (Lipinski definition) is 7. The van der Waals surface area contributed by atoms with Gasteiger partial charge in [0.1, 0.15) is 13.2 Å². The summed E-state index contributed by atoms with van der Waals surface area (Å²) in [6.45, 7) is 6.01. The Morgan fingerprint density at radius 1 is 0.894 bits per heavy atom. The van der Waals surface area contributed by atoms with Gasteiger partial charge in [0, 0.05) is 0 Å². The zero-order valence-corrected chi connectivity index (χ0v) is 28.0. The normalized spacial score (nSPS) is 27.7. The molecule has 8 nitrogen and oxygen atoms in total. The Labute approximate surface area is 279 Å². The number of carbonyl (C=O) groups excluding carboxylic acids is 2. The van der Waals surface area contributed by atoms with E-state index in [-0.39, 0.29) is 50.2 Å². The Morgan fingerprint density at radius 2 is 1.60 bits per heavy atom. The van der Waals surface area contributed by atoms with Crippen molar-refractivity contribution in [2.45, 2.75) is 90.4 Å². The van der Waals surface area contributed by atoms with E-state index in [1.165, 1.54) is 0 Å². The Hall–Kier alpha value is -3.23. The molecule has 2 aromatic carbocycles. The average molecular weight is 648 g/mol. The molecule has 0 aromatic heterocycles. The fraction of sp³-hybridized carbons (Fsp3) is 0.590. The maximum Gasteiger partial charge on any atom is 0.309 e. The zero-order valence-electron chi connectivity index (χ0n) is 28.0. The van der Waals surface area contributed by atoms with Gasteiger partial charge in [-0.25, -0.2) is 0 Å². The maximum atomic E-state index is 13.3. The van der Waals surface area contributed by atoms with Crippen LogP contribution in [0.5, 0.6) is 0 Å². The second kappa shape index (κ2) is 15.8. The van der Waals surface area contributed by atoms with Gasteiger partial charge in [-0.3, -0.25) is 14.4 Å².